The summed E-state index contributed by atoms with van der Waals surface area (Å²) in [5, 5.41) is 0. The number of piperidine rings is 1. The largest absolute Gasteiger partial charge is 0.303 e. The second-order valence-electron chi connectivity index (χ2n) is 11.2. The van der Waals surface area contributed by atoms with Crippen LogP contribution in [0.5, 0.6) is 0 Å². The molecule has 2 atom stereocenters. The van der Waals surface area contributed by atoms with E-state index in [0.29, 0.717) is 17.8 Å². The summed E-state index contributed by atoms with van der Waals surface area (Å²) in [6.07, 6.45) is 8.08. The molecule has 0 N–H and O–H groups in total. The van der Waals surface area contributed by atoms with Gasteiger partial charge in [-0.15, -0.1) is 0 Å². The third kappa shape index (κ3) is 5.06. The molecule has 0 radical (unpaired) electrons. The number of likely N-dealkylation sites (tertiary alicyclic amines) is 1. The van der Waals surface area contributed by atoms with E-state index in [1.54, 1.807) is 11.1 Å². The molecule has 3 saturated heterocycles. The first-order chi connectivity index (χ1) is 16.1. The highest BCUT2D eigenvalue weighted by Crippen LogP contribution is 2.54. The van der Waals surface area contributed by atoms with Crippen LogP contribution in [0, 0.1) is 5.92 Å². The smallest absolute Gasteiger partial charge is 0.0342 e. The zero-order valence-corrected chi connectivity index (χ0v) is 20.8. The van der Waals surface area contributed by atoms with Crippen molar-refractivity contribution < 1.29 is 0 Å². The first kappa shape index (κ1) is 23.1. The van der Waals surface area contributed by atoms with Gasteiger partial charge in [0.1, 0.15) is 0 Å². The molecule has 0 aromatic heterocycles. The Labute approximate surface area is 201 Å². The van der Waals surface area contributed by atoms with Gasteiger partial charge in [0.15, 0.2) is 0 Å². The molecule has 2 unspecified atom stereocenters. The molecule has 2 aromatic rings. The van der Waals surface area contributed by atoms with Crippen LogP contribution in [0.3, 0.4) is 0 Å². The van der Waals surface area contributed by atoms with Crippen LogP contribution >= 0.6 is 0 Å². The van der Waals surface area contributed by atoms with Gasteiger partial charge < -0.3 is 14.7 Å². The average Bonchev–Trinajstić information content (AvgIpc) is 3.13. The predicted octanol–water partition coefficient (Wildman–Crippen LogP) is 5.46. The van der Waals surface area contributed by atoms with Crippen molar-refractivity contribution in [1.29, 1.82) is 0 Å². The van der Waals surface area contributed by atoms with Gasteiger partial charge in [0.2, 0.25) is 0 Å². The molecule has 3 heteroatoms. The van der Waals surface area contributed by atoms with E-state index in [4.69, 9.17) is 0 Å². The molecule has 3 nitrogen and oxygen atoms in total. The maximum absolute atomic E-state index is 2.85. The van der Waals surface area contributed by atoms with Crippen molar-refractivity contribution in [3.63, 3.8) is 0 Å². The second-order valence-corrected chi connectivity index (χ2v) is 11.2. The highest BCUT2D eigenvalue weighted by Gasteiger charge is 2.51. The maximum Gasteiger partial charge on any atom is 0.0342 e. The summed E-state index contributed by atoms with van der Waals surface area (Å²) in [6.45, 7) is 7.59. The fourth-order valence-corrected chi connectivity index (χ4v) is 7.16. The summed E-state index contributed by atoms with van der Waals surface area (Å²) in [5.41, 5.74) is 3.33. The van der Waals surface area contributed by atoms with Gasteiger partial charge in [-0.25, -0.2) is 0 Å². The molecule has 0 spiro atoms. The second kappa shape index (κ2) is 10.3. The molecule has 178 valence electrons. The third-order valence-corrected chi connectivity index (χ3v) is 9.02. The number of hydrogen-bond acceptors (Lipinski definition) is 3. The van der Waals surface area contributed by atoms with E-state index in [0.717, 1.165) is 0 Å². The van der Waals surface area contributed by atoms with Crippen molar-refractivity contribution in [2.24, 2.45) is 5.92 Å². The lowest BCUT2D eigenvalue weighted by Gasteiger charge is -2.49. The summed E-state index contributed by atoms with van der Waals surface area (Å²) >= 11 is 0. The molecule has 1 saturated carbocycles. The van der Waals surface area contributed by atoms with E-state index in [-0.39, 0.29) is 5.54 Å². The quantitative estimate of drug-likeness (QED) is 0.561. The molecular formula is C30H43N3. The number of benzene rings is 2. The minimum Gasteiger partial charge on any atom is -0.303 e. The number of nitrogens with zero attached hydrogens (tertiary/aromatic N) is 3. The summed E-state index contributed by atoms with van der Waals surface area (Å²) in [7, 11) is 4.67. The molecule has 3 heterocycles. The lowest BCUT2D eigenvalue weighted by molar-refractivity contribution is 0.0641. The molecule has 0 amide bonds. The normalized spacial score (nSPS) is 31.1. The summed E-state index contributed by atoms with van der Waals surface area (Å²) < 4.78 is 0. The standard InChI is InChI=1S/C30H43N3/c1-31(2)30-21-27(25-13-6-3-7-14-25)29(28(22-30)26-15-8-4-9-16-26)23-33(24-30)20-12-19-32-17-10-5-11-18-32/h3-4,6-9,13-16,27-29H,5,10-12,17-24H2,1-2H3. The third-order valence-electron chi connectivity index (χ3n) is 9.02. The molecule has 2 bridgehead atoms. The van der Waals surface area contributed by atoms with E-state index < -0.39 is 0 Å². The zero-order valence-electron chi connectivity index (χ0n) is 20.8. The SMILES string of the molecule is CN(C)C12CC(c3ccccc3)C(CN(CCCN3CCCCC3)C1)C(c1ccccc1)C2. The fourth-order valence-electron chi connectivity index (χ4n) is 7.16. The predicted molar refractivity (Wildman–Crippen MR) is 139 cm³/mol. The van der Waals surface area contributed by atoms with E-state index in [9.17, 15) is 0 Å². The number of fused-ring (bicyclic) bond motifs is 4. The van der Waals surface area contributed by atoms with Crippen molar-refractivity contribution in [3.8, 4) is 0 Å². The van der Waals surface area contributed by atoms with Crippen LogP contribution in [-0.2, 0) is 0 Å². The van der Waals surface area contributed by atoms with Gasteiger partial charge in [-0.3, -0.25) is 0 Å². The lowest BCUT2D eigenvalue weighted by atomic mass is 9.61. The van der Waals surface area contributed by atoms with Crippen LogP contribution in [0.15, 0.2) is 60.7 Å². The molecule has 33 heavy (non-hydrogen) atoms. The van der Waals surface area contributed by atoms with Gasteiger partial charge in [-0.1, -0.05) is 67.1 Å². The van der Waals surface area contributed by atoms with Crippen LogP contribution in [0.2, 0.25) is 0 Å². The van der Waals surface area contributed by atoms with Crippen molar-refractivity contribution in [1.82, 2.24) is 14.7 Å². The first-order valence-electron chi connectivity index (χ1n) is 13.4. The Bertz CT molecular complexity index is 809. The molecular weight excluding hydrogens is 402 g/mol. The Hall–Kier alpha value is -1.68. The van der Waals surface area contributed by atoms with E-state index in [1.807, 2.05) is 0 Å². The van der Waals surface area contributed by atoms with Gasteiger partial charge >= 0.3 is 0 Å². The maximum atomic E-state index is 2.85. The van der Waals surface area contributed by atoms with Gasteiger partial charge in [-0.05, 0) is 101 Å². The van der Waals surface area contributed by atoms with Crippen molar-refractivity contribution in [3.05, 3.63) is 71.8 Å². The topological polar surface area (TPSA) is 9.72 Å². The Kier molecular flexibility index (Phi) is 7.20. The minimum absolute atomic E-state index is 0.235. The Morgan fingerprint density at radius 1 is 0.758 bits per heavy atom. The number of hydrogen-bond donors (Lipinski definition) is 0. The molecule has 6 rings (SSSR count). The average molecular weight is 446 g/mol. The number of likely N-dealkylation sites (N-methyl/N-ethyl adjacent to an activating group) is 1. The monoisotopic (exact) mass is 445 g/mol. The van der Waals surface area contributed by atoms with Gasteiger partial charge in [0.25, 0.3) is 0 Å². The summed E-state index contributed by atoms with van der Waals surface area (Å²) in [5.74, 6) is 1.93. The minimum atomic E-state index is 0.235. The van der Waals surface area contributed by atoms with Crippen LogP contribution in [0.1, 0.15) is 61.5 Å². The van der Waals surface area contributed by atoms with E-state index >= 15 is 0 Å². The molecule has 1 aliphatic carbocycles. The highest BCUT2D eigenvalue weighted by molar-refractivity contribution is 5.30. The Morgan fingerprint density at radius 3 is 1.85 bits per heavy atom. The van der Waals surface area contributed by atoms with E-state index in [1.165, 1.54) is 77.8 Å². The van der Waals surface area contributed by atoms with Crippen LogP contribution < -0.4 is 0 Å². The molecule has 2 aromatic carbocycles. The van der Waals surface area contributed by atoms with Gasteiger partial charge in [-0.2, -0.15) is 0 Å². The molecule has 4 aliphatic rings. The molecule has 3 aliphatic heterocycles. The van der Waals surface area contributed by atoms with Crippen molar-refractivity contribution in [2.45, 2.75) is 55.9 Å². The van der Waals surface area contributed by atoms with Gasteiger partial charge in [0.05, 0.1) is 0 Å². The van der Waals surface area contributed by atoms with Crippen LogP contribution in [-0.4, -0.2) is 73.6 Å². The first-order valence-corrected chi connectivity index (χ1v) is 13.4. The lowest BCUT2D eigenvalue weighted by Crippen LogP contribution is -2.54. The van der Waals surface area contributed by atoms with Crippen LogP contribution in [0.4, 0.5) is 0 Å². The summed E-state index contributed by atoms with van der Waals surface area (Å²) in [6, 6.07) is 22.8. The van der Waals surface area contributed by atoms with Gasteiger partial charge in [0, 0.05) is 18.6 Å². The zero-order chi connectivity index (χ0) is 22.7. The van der Waals surface area contributed by atoms with E-state index in [2.05, 4.69) is 89.5 Å². The van der Waals surface area contributed by atoms with Crippen molar-refractivity contribution >= 4 is 0 Å². The fraction of sp³-hybridized carbons (Fsp3) is 0.600. The van der Waals surface area contributed by atoms with Crippen molar-refractivity contribution in [2.75, 3.05) is 53.4 Å². The van der Waals surface area contributed by atoms with Crippen LogP contribution in [0.25, 0.3) is 0 Å². The Balaban J connectivity index is 1.41. The molecule has 4 fully saturated rings. The number of rotatable bonds is 7. The summed E-state index contributed by atoms with van der Waals surface area (Å²) in [4.78, 5) is 8.13. The highest BCUT2D eigenvalue weighted by atomic mass is 15.2. The Morgan fingerprint density at radius 2 is 1.30 bits per heavy atom.